The molecule has 10 nitrogen and oxygen atoms in total. The summed E-state index contributed by atoms with van der Waals surface area (Å²) < 4.78 is 11.1. The summed E-state index contributed by atoms with van der Waals surface area (Å²) >= 11 is 0. The van der Waals surface area contributed by atoms with Crippen molar-refractivity contribution in [1.29, 1.82) is 0 Å². The normalized spacial score (nSPS) is 16.3. The van der Waals surface area contributed by atoms with Crippen LogP contribution < -0.4 is 11.1 Å². The number of hydrogen-bond acceptors (Lipinski definition) is 9. The Labute approximate surface area is 222 Å². The first-order valence-corrected chi connectivity index (χ1v) is 12.3. The third-order valence-electron chi connectivity index (χ3n) is 6.27. The Morgan fingerprint density at radius 3 is 2.39 bits per heavy atom. The number of nitro benzene ring substituents is 1. The van der Waals surface area contributed by atoms with Crippen LogP contribution in [0.4, 0.5) is 5.69 Å². The first-order chi connectivity index (χ1) is 18.0. The Morgan fingerprint density at radius 1 is 1.08 bits per heavy atom. The topological polar surface area (TPSA) is 137 Å². The number of rotatable bonds is 10. The number of carbonyl (C=O) groups excluding carboxylic acids is 2. The molecule has 0 bridgehead atoms. The fourth-order valence-corrected chi connectivity index (χ4v) is 4.21. The Bertz CT molecular complexity index is 1250. The molecule has 0 amide bonds. The average Bonchev–Trinajstić information content (AvgIpc) is 2.86. The van der Waals surface area contributed by atoms with Gasteiger partial charge in [-0.25, -0.2) is 9.59 Å². The van der Waals surface area contributed by atoms with Crippen molar-refractivity contribution < 1.29 is 24.0 Å². The number of non-ortho nitro benzene ring substituents is 1. The maximum atomic E-state index is 13.5. The van der Waals surface area contributed by atoms with E-state index in [1.54, 1.807) is 26.8 Å². The fourth-order valence-electron chi connectivity index (χ4n) is 4.21. The van der Waals surface area contributed by atoms with E-state index in [4.69, 9.17) is 15.2 Å². The van der Waals surface area contributed by atoms with Crippen molar-refractivity contribution in [1.82, 2.24) is 10.2 Å². The summed E-state index contributed by atoms with van der Waals surface area (Å²) in [4.78, 5) is 39.6. The van der Waals surface area contributed by atoms with Crippen LogP contribution in [0.5, 0.6) is 0 Å². The molecule has 2 aromatic rings. The van der Waals surface area contributed by atoms with Gasteiger partial charge in [0.1, 0.15) is 12.4 Å². The minimum absolute atomic E-state index is 0.00952. The number of esters is 2. The number of nitro groups is 1. The second-order valence-corrected chi connectivity index (χ2v) is 9.58. The van der Waals surface area contributed by atoms with Crippen molar-refractivity contribution in [3.05, 3.63) is 98.5 Å². The van der Waals surface area contributed by atoms with E-state index in [9.17, 15) is 19.7 Å². The Kier molecular flexibility index (Phi) is 9.25. The summed E-state index contributed by atoms with van der Waals surface area (Å²) in [6, 6.07) is 15.5. The monoisotopic (exact) mass is 522 g/mol. The summed E-state index contributed by atoms with van der Waals surface area (Å²) in [6.45, 7) is 7.71. The first-order valence-electron chi connectivity index (χ1n) is 12.3. The van der Waals surface area contributed by atoms with Crippen molar-refractivity contribution in [2.45, 2.75) is 52.3 Å². The van der Waals surface area contributed by atoms with Gasteiger partial charge in [0.2, 0.25) is 0 Å². The van der Waals surface area contributed by atoms with Gasteiger partial charge in [-0.2, -0.15) is 0 Å². The number of ether oxygens (including phenoxy) is 2. The second kappa shape index (κ2) is 12.4. The summed E-state index contributed by atoms with van der Waals surface area (Å²) in [6.07, 6.45) is -0.423. The van der Waals surface area contributed by atoms with Crippen LogP contribution in [-0.2, 0) is 25.6 Å². The number of nitrogens with one attached hydrogen (secondary N) is 1. The Morgan fingerprint density at radius 2 is 1.76 bits per heavy atom. The van der Waals surface area contributed by atoms with E-state index in [0.717, 1.165) is 5.56 Å². The number of hydrogen-bond donors (Lipinski definition) is 2. The van der Waals surface area contributed by atoms with Crippen LogP contribution in [-0.4, -0.2) is 47.6 Å². The molecule has 0 radical (unpaired) electrons. The van der Waals surface area contributed by atoms with Gasteiger partial charge >= 0.3 is 11.9 Å². The summed E-state index contributed by atoms with van der Waals surface area (Å²) in [5.41, 5.74) is 8.06. The van der Waals surface area contributed by atoms with Gasteiger partial charge in [0.25, 0.3) is 5.69 Å². The molecular formula is C28H34N4O6. The zero-order valence-electron chi connectivity index (χ0n) is 22.3. The molecule has 0 aromatic heterocycles. The predicted molar refractivity (Wildman–Crippen MR) is 142 cm³/mol. The molecule has 0 aliphatic carbocycles. The van der Waals surface area contributed by atoms with Crippen molar-refractivity contribution in [2.75, 3.05) is 13.7 Å². The van der Waals surface area contributed by atoms with Crippen LogP contribution in [0.15, 0.2) is 77.3 Å². The van der Waals surface area contributed by atoms with Gasteiger partial charge in [0.15, 0.2) is 0 Å². The molecule has 0 spiro atoms. The Balaban J connectivity index is 1.90. The first kappa shape index (κ1) is 28.4. The summed E-state index contributed by atoms with van der Waals surface area (Å²) in [5.74, 6) is -2.40. The molecule has 0 saturated carbocycles. The number of nitrogens with two attached hydrogens (primary N) is 1. The van der Waals surface area contributed by atoms with Crippen LogP contribution in [0, 0.1) is 10.1 Å². The lowest BCUT2D eigenvalue weighted by atomic mass is 9.81. The van der Waals surface area contributed by atoms with Gasteiger partial charge in [0, 0.05) is 30.4 Å². The van der Waals surface area contributed by atoms with E-state index in [0.29, 0.717) is 17.8 Å². The molecule has 0 saturated heterocycles. The lowest BCUT2D eigenvalue weighted by Gasteiger charge is -2.31. The SMILES string of the molecule is CC1=C(C(=O)OC(C)C)C(c2cccc([N+](=O)[O-])c2)C(C(=O)OCC(C)N(C)Cc2ccccc2)=C(N)N1. The highest BCUT2D eigenvalue weighted by Gasteiger charge is 2.39. The second-order valence-electron chi connectivity index (χ2n) is 9.58. The molecule has 2 unspecified atom stereocenters. The number of carbonyl (C=O) groups is 2. The van der Waals surface area contributed by atoms with E-state index < -0.39 is 28.9 Å². The number of nitrogens with zero attached hydrogens (tertiary/aromatic N) is 2. The predicted octanol–water partition coefficient (Wildman–Crippen LogP) is 3.74. The number of dihydropyridines is 1. The average molecular weight is 523 g/mol. The van der Waals surface area contributed by atoms with E-state index in [1.165, 1.54) is 18.2 Å². The highest BCUT2D eigenvalue weighted by Crippen LogP contribution is 2.39. The third-order valence-corrected chi connectivity index (χ3v) is 6.27. The smallest absolute Gasteiger partial charge is 0.338 e. The number of allylic oxidation sites excluding steroid dienone is 1. The summed E-state index contributed by atoms with van der Waals surface area (Å²) in [7, 11) is 1.93. The summed E-state index contributed by atoms with van der Waals surface area (Å²) in [5, 5.41) is 14.4. The largest absolute Gasteiger partial charge is 0.461 e. The third kappa shape index (κ3) is 6.77. The van der Waals surface area contributed by atoms with E-state index in [2.05, 4.69) is 5.32 Å². The zero-order valence-corrected chi connectivity index (χ0v) is 22.3. The lowest BCUT2D eigenvalue weighted by Crippen LogP contribution is -2.38. The molecule has 38 heavy (non-hydrogen) atoms. The van der Waals surface area contributed by atoms with Crippen LogP contribution in [0.25, 0.3) is 0 Å². The minimum Gasteiger partial charge on any atom is -0.461 e. The van der Waals surface area contributed by atoms with Crippen LogP contribution >= 0.6 is 0 Å². The molecule has 3 N–H and O–H groups in total. The molecule has 3 rings (SSSR count). The lowest BCUT2D eigenvalue weighted by molar-refractivity contribution is -0.384. The molecule has 1 aliphatic heterocycles. The molecule has 202 valence electrons. The van der Waals surface area contributed by atoms with Crippen LogP contribution in [0.2, 0.25) is 0 Å². The van der Waals surface area contributed by atoms with Crippen LogP contribution in [0.1, 0.15) is 44.7 Å². The van der Waals surface area contributed by atoms with Crippen molar-refractivity contribution in [3.63, 3.8) is 0 Å². The van der Waals surface area contributed by atoms with Gasteiger partial charge in [-0.1, -0.05) is 42.5 Å². The zero-order chi connectivity index (χ0) is 28.0. The maximum absolute atomic E-state index is 13.5. The van der Waals surface area contributed by atoms with Gasteiger partial charge in [-0.05, 0) is 45.9 Å². The van der Waals surface area contributed by atoms with E-state index >= 15 is 0 Å². The molecular weight excluding hydrogens is 488 g/mol. The number of likely N-dealkylation sites (N-methyl/N-ethyl adjacent to an activating group) is 1. The Hall–Kier alpha value is -4.18. The highest BCUT2D eigenvalue weighted by atomic mass is 16.6. The molecule has 0 fully saturated rings. The maximum Gasteiger partial charge on any atom is 0.338 e. The van der Waals surface area contributed by atoms with E-state index in [1.807, 2.05) is 49.2 Å². The van der Waals surface area contributed by atoms with Gasteiger partial charge < -0.3 is 20.5 Å². The highest BCUT2D eigenvalue weighted by molar-refractivity contribution is 6.00. The molecule has 1 aliphatic rings. The number of benzene rings is 2. The van der Waals surface area contributed by atoms with Gasteiger partial charge in [-0.3, -0.25) is 15.0 Å². The molecule has 1 heterocycles. The van der Waals surface area contributed by atoms with Crippen molar-refractivity contribution in [3.8, 4) is 0 Å². The van der Waals surface area contributed by atoms with Crippen LogP contribution in [0.3, 0.4) is 0 Å². The quantitative estimate of drug-likeness (QED) is 0.271. The fraction of sp³-hybridized carbons (Fsp3) is 0.357. The molecule has 2 atom stereocenters. The minimum atomic E-state index is -1.02. The van der Waals surface area contributed by atoms with Crippen molar-refractivity contribution in [2.24, 2.45) is 5.73 Å². The van der Waals surface area contributed by atoms with Crippen molar-refractivity contribution >= 4 is 17.6 Å². The van der Waals surface area contributed by atoms with Gasteiger partial charge in [0.05, 0.1) is 28.1 Å². The van der Waals surface area contributed by atoms with Gasteiger partial charge in [-0.15, -0.1) is 0 Å². The van der Waals surface area contributed by atoms with E-state index in [-0.39, 0.29) is 35.3 Å². The standard InChI is InChI=1S/C28H34N4O6/c1-17(2)38-28(34)23-19(4)30-26(29)25(24(23)21-12-9-13-22(14-21)32(35)36)27(33)37-16-18(3)31(5)15-20-10-7-6-8-11-20/h6-14,17-18,24,30H,15-16,29H2,1-5H3. The molecule has 10 heteroatoms. The molecule has 2 aromatic carbocycles.